The summed E-state index contributed by atoms with van der Waals surface area (Å²) in [7, 11) is 1.18. The van der Waals surface area contributed by atoms with Gasteiger partial charge in [0.2, 0.25) is 17.5 Å². The minimum Gasteiger partial charge on any atom is -0.507 e. The number of hydrogen-bond acceptors (Lipinski definition) is 17. The van der Waals surface area contributed by atoms with E-state index in [9.17, 15) is 55.9 Å². The molecule has 3 aromatic rings. The highest BCUT2D eigenvalue weighted by Crippen LogP contribution is 2.39. The topological polar surface area (TPSA) is 279 Å². The van der Waals surface area contributed by atoms with Gasteiger partial charge in [-0.25, -0.2) is 0 Å². The maximum Gasteiger partial charge on any atom is 0.239 e. The molecule has 2 aliphatic rings. The lowest BCUT2D eigenvalue weighted by atomic mass is 9.97. The van der Waals surface area contributed by atoms with Crippen LogP contribution in [-0.2, 0) is 14.2 Å². The second-order valence-corrected chi connectivity index (χ2v) is 10.4. The molecule has 1 aromatic heterocycles. The number of rotatable bonds is 8. The van der Waals surface area contributed by atoms with E-state index in [-0.39, 0.29) is 33.8 Å². The van der Waals surface area contributed by atoms with Gasteiger partial charge in [-0.1, -0.05) is 0 Å². The van der Waals surface area contributed by atoms with Gasteiger partial charge in [-0.05, 0) is 18.2 Å². The van der Waals surface area contributed by atoms with Crippen LogP contribution in [0.25, 0.3) is 22.3 Å². The monoisotopic (exact) mass is 640 g/mol. The van der Waals surface area contributed by atoms with Crippen molar-refractivity contribution in [2.24, 2.45) is 0 Å². The summed E-state index contributed by atoms with van der Waals surface area (Å²) in [6.07, 6.45) is -17.1. The van der Waals surface area contributed by atoms with Crippen LogP contribution < -0.4 is 14.9 Å². The van der Waals surface area contributed by atoms with Crippen molar-refractivity contribution in [3.63, 3.8) is 0 Å². The molecule has 0 spiro atoms. The predicted octanol–water partition coefficient (Wildman–Crippen LogP) is -2.41. The summed E-state index contributed by atoms with van der Waals surface area (Å²) in [5.41, 5.74) is -0.930. The number of aliphatic hydroxyl groups is 7. The van der Waals surface area contributed by atoms with Crippen molar-refractivity contribution >= 4 is 11.0 Å². The molecule has 10 N–H and O–H groups in total. The summed E-state index contributed by atoms with van der Waals surface area (Å²) < 4.78 is 33.4. The van der Waals surface area contributed by atoms with E-state index in [0.717, 1.165) is 24.3 Å². The van der Waals surface area contributed by atoms with Gasteiger partial charge in [0.25, 0.3) is 0 Å². The van der Waals surface area contributed by atoms with Crippen LogP contribution >= 0.6 is 0 Å². The first-order chi connectivity index (χ1) is 21.4. The molecule has 2 fully saturated rings. The van der Waals surface area contributed by atoms with Crippen LogP contribution in [-0.4, -0.2) is 133 Å². The molecule has 0 radical (unpaired) electrons. The van der Waals surface area contributed by atoms with Gasteiger partial charge in [-0.3, -0.25) is 4.79 Å². The molecule has 246 valence electrons. The molecule has 2 aliphatic heterocycles. The first-order valence-electron chi connectivity index (χ1n) is 13.5. The summed E-state index contributed by atoms with van der Waals surface area (Å²) >= 11 is 0. The number of aromatic hydroxyl groups is 3. The Bertz CT molecular complexity index is 1570. The second kappa shape index (κ2) is 12.9. The number of benzene rings is 2. The Morgan fingerprint density at radius 2 is 1.40 bits per heavy atom. The third-order valence-electron chi connectivity index (χ3n) is 7.56. The van der Waals surface area contributed by atoms with Crippen molar-refractivity contribution in [2.75, 3.05) is 20.3 Å². The first-order valence-corrected chi connectivity index (χ1v) is 13.5. The average molecular weight is 641 g/mol. The third kappa shape index (κ3) is 5.98. The standard InChI is InChI=1S/C28H32O17/c1-40-25-20(36)17-13(33)5-10(6-14(17)42-24(25)9-2-3-11(31)12(32)4-9)41-28-26(22(38)19(35)16(8-30)44-28)45-27-23(39)21(37)18(34)15(7-29)43-27/h2-6,15-16,18-19,21-23,26-35,37-39H,7-8H2,1H3/t15-,16-,18-,19-,21+,22+,23-,26-,27+,28-/m1/s1. The SMILES string of the molecule is COc1c(-c2ccc(O)c(O)c2)oc2cc(O[C@@H]3O[C@H](CO)[C@@H](O)[C@H](O)[C@H]3O[C@@H]3O[C@H](CO)[C@@H](O)[C@H](O)[C@H]3O)cc(O)c2c1=O. The highest BCUT2D eigenvalue weighted by molar-refractivity contribution is 5.88. The minimum absolute atomic E-state index is 0.124. The van der Waals surface area contributed by atoms with E-state index in [1.165, 1.54) is 13.2 Å². The Morgan fingerprint density at radius 1 is 0.756 bits per heavy atom. The molecule has 3 heterocycles. The van der Waals surface area contributed by atoms with Crippen LogP contribution in [0.5, 0.6) is 28.7 Å². The highest BCUT2D eigenvalue weighted by Gasteiger charge is 2.51. The molecular weight excluding hydrogens is 608 g/mol. The molecule has 0 bridgehead atoms. The Morgan fingerprint density at radius 3 is 2.02 bits per heavy atom. The molecule has 2 aromatic carbocycles. The van der Waals surface area contributed by atoms with Gasteiger partial charge in [0.1, 0.15) is 65.2 Å². The lowest BCUT2D eigenvalue weighted by Gasteiger charge is -2.45. The molecule has 10 atom stereocenters. The van der Waals surface area contributed by atoms with Crippen molar-refractivity contribution in [1.29, 1.82) is 0 Å². The van der Waals surface area contributed by atoms with Gasteiger partial charge in [0.05, 0.1) is 20.3 Å². The number of phenols is 3. The van der Waals surface area contributed by atoms with Crippen LogP contribution in [0, 0.1) is 0 Å². The highest BCUT2D eigenvalue weighted by atomic mass is 16.8. The number of phenolic OH excluding ortho intramolecular Hbond substituents is 3. The summed E-state index contributed by atoms with van der Waals surface area (Å²) in [4.78, 5) is 13.3. The normalized spacial score (nSPS) is 32.0. The maximum atomic E-state index is 13.3. The van der Waals surface area contributed by atoms with Gasteiger partial charge in [0.15, 0.2) is 29.7 Å². The van der Waals surface area contributed by atoms with Crippen LogP contribution in [0.2, 0.25) is 0 Å². The van der Waals surface area contributed by atoms with Crippen molar-refractivity contribution < 1.29 is 79.2 Å². The quantitative estimate of drug-likeness (QED) is 0.115. The summed E-state index contributed by atoms with van der Waals surface area (Å²) in [5, 5.41) is 101. The Kier molecular flexibility index (Phi) is 9.38. The molecule has 0 unspecified atom stereocenters. The molecule has 45 heavy (non-hydrogen) atoms. The van der Waals surface area contributed by atoms with E-state index in [1.54, 1.807) is 0 Å². The van der Waals surface area contributed by atoms with Crippen molar-refractivity contribution in [1.82, 2.24) is 0 Å². The van der Waals surface area contributed by atoms with Gasteiger partial charge in [-0.2, -0.15) is 0 Å². The van der Waals surface area contributed by atoms with Gasteiger partial charge >= 0.3 is 0 Å². The van der Waals surface area contributed by atoms with E-state index in [0.29, 0.717) is 0 Å². The predicted molar refractivity (Wildman–Crippen MR) is 146 cm³/mol. The fraction of sp³-hybridized carbons (Fsp3) is 0.464. The van der Waals surface area contributed by atoms with Gasteiger partial charge in [0, 0.05) is 17.7 Å². The molecule has 0 amide bonds. The smallest absolute Gasteiger partial charge is 0.239 e. The Hall–Kier alpha value is -3.75. The van der Waals surface area contributed by atoms with E-state index < -0.39 is 97.3 Å². The van der Waals surface area contributed by atoms with Crippen LogP contribution in [0.3, 0.4) is 0 Å². The first kappa shape index (κ1) is 32.6. The fourth-order valence-electron chi connectivity index (χ4n) is 5.13. The number of fused-ring (bicyclic) bond motifs is 1. The van der Waals surface area contributed by atoms with Gasteiger partial charge in [-0.15, -0.1) is 0 Å². The molecule has 2 saturated heterocycles. The molecule has 17 heteroatoms. The average Bonchev–Trinajstić information content (AvgIpc) is 3.01. The number of hydrogen-bond donors (Lipinski definition) is 10. The number of aliphatic hydroxyl groups excluding tert-OH is 7. The van der Waals surface area contributed by atoms with E-state index in [1.807, 2.05) is 0 Å². The van der Waals surface area contributed by atoms with Crippen LogP contribution in [0.4, 0.5) is 0 Å². The molecular formula is C28H32O17. The van der Waals surface area contributed by atoms with E-state index >= 15 is 0 Å². The van der Waals surface area contributed by atoms with Crippen molar-refractivity contribution in [3.05, 3.63) is 40.6 Å². The van der Waals surface area contributed by atoms with E-state index in [4.69, 9.17) is 28.1 Å². The van der Waals surface area contributed by atoms with Gasteiger partial charge < -0.3 is 79.2 Å². The van der Waals surface area contributed by atoms with Crippen molar-refractivity contribution in [2.45, 2.75) is 61.4 Å². The van der Waals surface area contributed by atoms with Crippen LogP contribution in [0.15, 0.2) is 39.5 Å². The molecule has 17 nitrogen and oxygen atoms in total. The zero-order chi connectivity index (χ0) is 32.7. The summed E-state index contributed by atoms with van der Waals surface area (Å²) in [6.45, 7) is -1.56. The summed E-state index contributed by atoms with van der Waals surface area (Å²) in [5.74, 6) is -2.36. The molecule has 5 rings (SSSR count). The minimum atomic E-state index is -1.89. The van der Waals surface area contributed by atoms with Crippen molar-refractivity contribution in [3.8, 4) is 40.1 Å². The number of methoxy groups -OCH3 is 1. The fourth-order valence-corrected chi connectivity index (χ4v) is 5.13. The summed E-state index contributed by atoms with van der Waals surface area (Å²) in [6, 6.07) is 5.74. The Balaban J connectivity index is 1.52. The third-order valence-corrected chi connectivity index (χ3v) is 7.56. The zero-order valence-electron chi connectivity index (χ0n) is 23.4. The second-order valence-electron chi connectivity index (χ2n) is 10.4. The lowest BCUT2D eigenvalue weighted by Crippen LogP contribution is -2.65. The zero-order valence-corrected chi connectivity index (χ0v) is 23.4. The lowest BCUT2D eigenvalue weighted by molar-refractivity contribution is -0.357. The molecule has 0 saturated carbocycles. The number of ether oxygens (including phenoxy) is 5. The maximum absolute atomic E-state index is 13.3. The van der Waals surface area contributed by atoms with E-state index in [2.05, 4.69) is 0 Å². The molecule has 0 aliphatic carbocycles. The van der Waals surface area contributed by atoms with Crippen LogP contribution in [0.1, 0.15) is 0 Å². The Labute approximate surface area is 252 Å². The largest absolute Gasteiger partial charge is 0.507 e.